The van der Waals surface area contributed by atoms with E-state index in [1.165, 1.54) is 87.4 Å². The van der Waals surface area contributed by atoms with E-state index in [9.17, 15) is 0 Å². The molecule has 4 heteroatoms. The molecule has 0 aliphatic carbocycles. The zero-order chi connectivity index (χ0) is 30.4. The van der Waals surface area contributed by atoms with Crippen LogP contribution >= 0.6 is 0 Å². The van der Waals surface area contributed by atoms with Crippen LogP contribution in [0.25, 0.3) is 82.2 Å². The van der Waals surface area contributed by atoms with Crippen molar-refractivity contribution in [2.75, 3.05) is 0 Å². The van der Waals surface area contributed by atoms with Gasteiger partial charge < -0.3 is 4.57 Å². The van der Waals surface area contributed by atoms with Crippen LogP contribution in [0.2, 0.25) is 0 Å². The number of benzene rings is 7. The van der Waals surface area contributed by atoms with Gasteiger partial charge in [-0.05, 0) is 71.8 Å². The van der Waals surface area contributed by atoms with Gasteiger partial charge in [0.05, 0.1) is 33.1 Å². The zero-order valence-corrected chi connectivity index (χ0v) is 27.4. The van der Waals surface area contributed by atoms with Gasteiger partial charge in [0.25, 0.3) is 0 Å². The number of aromatic nitrogens is 3. The van der Waals surface area contributed by atoms with Crippen molar-refractivity contribution >= 4 is 80.8 Å². The van der Waals surface area contributed by atoms with Crippen molar-refractivity contribution in [3.63, 3.8) is 0 Å². The van der Waals surface area contributed by atoms with Gasteiger partial charge in [-0.15, -0.1) is 0 Å². The van der Waals surface area contributed by atoms with E-state index >= 15 is 0 Å². The molecule has 0 aliphatic rings. The molecule has 0 bridgehead atoms. The first-order valence-electron chi connectivity index (χ1n) is 15.9. The molecule has 0 spiro atoms. The second kappa shape index (κ2) is 9.58. The van der Waals surface area contributed by atoms with Crippen LogP contribution in [0.5, 0.6) is 0 Å². The van der Waals surface area contributed by atoms with Gasteiger partial charge in [0.15, 0.2) is 0 Å². The Morgan fingerprint density at radius 3 is 1.24 bits per heavy atom. The lowest BCUT2D eigenvalue weighted by Crippen LogP contribution is -2.08. The van der Waals surface area contributed by atoms with Crippen molar-refractivity contribution in [2.45, 2.75) is 0 Å². The summed E-state index contributed by atoms with van der Waals surface area (Å²) in [5.41, 5.74) is 10.9. The summed E-state index contributed by atoms with van der Waals surface area (Å²) in [6.45, 7) is 0. The van der Waals surface area contributed by atoms with Crippen LogP contribution < -0.4 is 5.19 Å². The molecule has 0 amide bonds. The lowest BCUT2D eigenvalue weighted by atomic mass is 10.0. The monoisotopic (exact) mass is 603 g/mol. The average Bonchev–Trinajstić information content (AvgIpc) is 3.74. The second-order valence-corrected chi connectivity index (χ2v) is 13.5. The molecule has 7 aromatic carbocycles. The summed E-state index contributed by atoms with van der Waals surface area (Å²) in [5.74, 6) is 0. The molecule has 216 valence electrons. The Kier molecular flexibility index (Phi) is 5.30. The predicted molar refractivity (Wildman–Crippen MR) is 199 cm³/mol. The third-order valence-corrected chi connectivity index (χ3v) is 10.4. The van der Waals surface area contributed by atoms with Crippen molar-refractivity contribution in [3.05, 3.63) is 158 Å². The van der Waals surface area contributed by atoms with Gasteiger partial charge >= 0.3 is 0 Å². The molecule has 10 rings (SSSR count). The van der Waals surface area contributed by atoms with E-state index in [1.54, 1.807) is 0 Å². The Morgan fingerprint density at radius 1 is 0.326 bits per heavy atom. The number of fused-ring (bicyclic) bond motifs is 9. The van der Waals surface area contributed by atoms with Crippen molar-refractivity contribution in [1.29, 1.82) is 0 Å². The summed E-state index contributed by atoms with van der Waals surface area (Å²) in [6, 6.07) is 58.0. The fourth-order valence-electron chi connectivity index (χ4n) is 7.59. The Balaban J connectivity index is 1.21. The highest BCUT2D eigenvalue weighted by atomic mass is 28.1. The van der Waals surface area contributed by atoms with Gasteiger partial charge in [0, 0.05) is 48.2 Å². The summed E-state index contributed by atoms with van der Waals surface area (Å²) in [6.07, 6.45) is 0. The predicted octanol–water partition coefficient (Wildman–Crippen LogP) is 8.97. The molecule has 3 heterocycles. The van der Waals surface area contributed by atoms with Crippen molar-refractivity contribution in [1.82, 2.24) is 13.9 Å². The van der Waals surface area contributed by atoms with Crippen LogP contribution in [0.3, 0.4) is 0 Å². The summed E-state index contributed by atoms with van der Waals surface area (Å²) >= 11 is 0. The smallest absolute Gasteiger partial charge is 0.0716 e. The SMILES string of the molecule is [SiH3]c1ccc(-n2c3ccccc3c3cc(-c4ccc5c(c4)c4ccccc4n5-n4c5ccccc5c5ccccc54)ccc32)cc1. The van der Waals surface area contributed by atoms with E-state index in [2.05, 4.69) is 172 Å². The minimum atomic E-state index is 1.06. The van der Waals surface area contributed by atoms with Crippen LogP contribution in [0.4, 0.5) is 0 Å². The highest BCUT2D eigenvalue weighted by Crippen LogP contribution is 2.39. The Labute approximate surface area is 268 Å². The van der Waals surface area contributed by atoms with E-state index < -0.39 is 0 Å². The molecular weight excluding hydrogens is 575 g/mol. The third kappa shape index (κ3) is 3.53. The van der Waals surface area contributed by atoms with Crippen molar-refractivity contribution in [2.24, 2.45) is 0 Å². The van der Waals surface area contributed by atoms with Gasteiger partial charge in [-0.1, -0.05) is 102 Å². The summed E-state index contributed by atoms with van der Waals surface area (Å²) in [5, 5.41) is 8.99. The number of nitrogens with zero attached hydrogens (tertiary/aromatic N) is 3. The van der Waals surface area contributed by atoms with Gasteiger partial charge in [-0.2, -0.15) is 0 Å². The zero-order valence-electron chi connectivity index (χ0n) is 25.4. The molecule has 0 fully saturated rings. The first-order chi connectivity index (χ1) is 22.7. The van der Waals surface area contributed by atoms with Crippen molar-refractivity contribution in [3.8, 4) is 16.8 Å². The van der Waals surface area contributed by atoms with E-state index in [-0.39, 0.29) is 0 Å². The molecule has 10 aromatic rings. The third-order valence-electron chi connectivity index (χ3n) is 9.70. The van der Waals surface area contributed by atoms with Crippen LogP contribution in [-0.4, -0.2) is 24.2 Å². The van der Waals surface area contributed by atoms with Crippen LogP contribution in [0, 0.1) is 0 Å². The lowest BCUT2D eigenvalue weighted by Gasteiger charge is -2.13. The molecule has 0 N–H and O–H groups in total. The molecule has 0 saturated heterocycles. The summed E-state index contributed by atoms with van der Waals surface area (Å²) in [4.78, 5) is 0. The molecular formula is C42H29N3Si. The second-order valence-electron chi connectivity index (χ2n) is 12.3. The maximum absolute atomic E-state index is 2.40. The number of hydrogen-bond donors (Lipinski definition) is 0. The van der Waals surface area contributed by atoms with Crippen LogP contribution in [-0.2, 0) is 0 Å². The molecule has 0 atom stereocenters. The van der Waals surface area contributed by atoms with Gasteiger partial charge in [0.2, 0.25) is 0 Å². The Hall–Kier alpha value is -5.84. The quantitative estimate of drug-likeness (QED) is 0.179. The Morgan fingerprint density at radius 2 is 0.696 bits per heavy atom. The molecule has 0 aliphatic heterocycles. The normalized spacial score (nSPS) is 12.1. The summed E-state index contributed by atoms with van der Waals surface area (Å²) in [7, 11) is 1.06. The number of para-hydroxylation sites is 4. The molecule has 46 heavy (non-hydrogen) atoms. The minimum Gasteiger partial charge on any atom is -0.309 e. The fraction of sp³-hybridized carbons (Fsp3) is 0. The maximum Gasteiger partial charge on any atom is 0.0716 e. The fourth-order valence-corrected chi connectivity index (χ4v) is 7.92. The topological polar surface area (TPSA) is 14.8 Å². The van der Waals surface area contributed by atoms with Gasteiger partial charge in [-0.3, -0.25) is 0 Å². The highest BCUT2D eigenvalue weighted by Gasteiger charge is 2.18. The maximum atomic E-state index is 2.40. The molecule has 0 saturated carbocycles. The number of hydrogen-bond acceptors (Lipinski definition) is 0. The standard InChI is InChI=1S/C42H29N3Si/c46-30-21-19-29(20-22-30)43-37-13-5-1-11-33(37)35-25-27(17-23-38(35)43)28-18-24-42-36(26-28)34-12-4-8-16-41(34)45(42)44-39-14-6-2-9-31(39)32-10-3-7-15-40(32)44/h1-26H,46H3. The van der Waals surface area contributed by atoms with E-state index in [4.69, 9.17) is 0 Å². The summed E-state index contributed by atoms with van der Waals surface area (Å²) < 4.78 is 7.20. The van der Waals surface area contributed by atoms with E-state index in [1.807, 2.05) is 0 Å². The van der Waals surface area contributed by atoms with Crippen molar-refractivity contribution < 1.29 is 0 Å². The van der Waals surface area contributed by atoms with E-state index in [0.29, 0.717) is 0 Å². The Bertz CT molecular complexity index is 2760. The first kappa shape index (κ1) is 25.5. The molecule has 0 unspecified atom stereocenters. The largest absolute Gasteiger partial charge is 0.309 e. The lowest BCUT2D eigenvalue weighted by molar-refractivity contribution is 0.775. The number of rotatable bonds is 3. The highest BCUT2D eigenvalue weighted by molar-refractivity contribution is 6.32. The first-order valence-corrected chi connectivity index (χ1v) is 16.9. The van der Waals surface area contributed by atoms with Crippen LogP contribution in [0.15, 0.2) is 158 Å². The van der Waals surface area contributed by atoms with Crippen LogP contribution in [0.1, 0.15) is 0 Å². The van der Waals surface area contributed by atoms with E-state index in [0.717, 1.165) is 10.2 Å². The average molecular weight is 604 g/mol. The van der Waals surface area contributed by atoms with Gasteiger partial charge in [0.1, 0.15) is 0 Å². The molecule has 3 nitrogen and oxygen atoms in total. The molecule has 3 aromatic heterocycles. The molecule has 0 radical (unpaired) electrons. The van der Waals surface area contributed by atoms with Gasteiger partial charge in [-0.25, -0.2) is 9.35 Å². The minimum absolute atomic E-state index is 1.06.